The molecule has 160 valence electrons. The van der Waals surface area contributed by atoms with Crippen molar-refractivity contribution < 1.29 is 4.79 Å². The van der Waals surface area contributed by atoms with Crippen molar-refractivity contribution >= 4 is 23.4 Å². The van der Waals surface area contributed by atoms with Gasteiger partial charge in [0.25, 0.3) is 0 Å². The Hall–Kier alpha value is -3.45. The molecule has 1 amide bonds. The smallest absolute Gasteiger partial charge is 0.237 e. The van der Waals surface area contributed by atoms with Gasteiger partial charge in [-0.3, -0.25) is 14.3 Å². The van der Waals surface area contributed by atoms with Crippen molar-refractivity contribution in [2.75, 3.05) is 10.7 Å². The summed E-state index contributed by atoms with van der Waals surface area (Å²) in [6.07, 6.45) is 5.48. The van der Waals surface area contributed by atoms with Gasteiger partial charge in [0, 0.05) is 35.4 Å². The maximum Gasteiger partial charge on any atom is 0.237 e. The second kappa shape index (κ2) is 8.96. The first-order valence-corrected chi connectivity index (χ1v) is 11.6. The average Bonchev–Trinajstić information content (AvgIpc) is 3.27. The van der Waals surface area contributed by atoms with E-state index in [-0.39, 0.29) is 17.7 Å². The fourth-order valence-electron chi connectivity index (χ4n) is 4.12. The third-order valence-electron chi connectivity index (χ3n) is 5.68. The first kappa shape index (κ1) is 20.5. The van der Waals surface area contributed by atoms with E-state index < -0.39 is 0 Å². The molecule has 0 saturated carbocycles. The van der Waals surface area contributed by atoms with Gasteiger partial charge in [-0.2, -0.15) is 0 Å². The van der Waals surface area contributed by atoms with Gasteiger partial charge in [0.2, 0.25) is 5.91 Å². The van der Waals surface area contributed by atoms with Crippen molar-refractivity contribution in [3.05, 3.63) is 84.7 Å². The van der Waals surface area contributed by atoms with Gasteiger partial charge in [-0.15, -0.1) is 10.2 Å². The highest BCUT2D eigenvalue weighted by Crippen LogP contribution is 2.32. The minimum absolute atomic E-state index is 0.0835. The van der Waals surface area contributed by atoms with Gasteiger partial charge in [-0.25, -0.2) is 0 Å². The Kier molecular flexibility index (Phi) is 5.73. The molecule has 1 aliphatic rings. The van der Waals surface area contributed by atoms with E-state index in [1.54, 1.807) is 12.4 Å². The molecule has 0 bridgehead atoms. The molecule has 3 heterocycles. The van der Waals surface area contributed by atoms with Crippen LogP contribution in [0.4, 0.5) is 5.69 Å². The maximum atomic E-state index is 13.3. The number of pyridine rings is 1. The monoisotopic (exact) mass is 441 g/mol. The molecule has 1 unspecified atom stereocenters. The molecule has 0 fully saturated rings. The van der Waals surface area contributed by atoms with Gasteiger partial charge in [0.15, 0.2) is 11.0 Å². The van der Waals surface area contributed by atoms with Crippen LogP contribution in [0.2, 0.25) is 0 Å². The summed E-state index contributed by atoms with van der Waals surface area (Å²) in [5.41, 5.74) is 4.08. The van der Waals surface area contributed by atoms with E-state index in [1.807, 2.05) is 70.1 Å². The molecule has 5 rings (SSSR count). The number of amides is 1. The second-order valence-corrected chi connectivity index (χ2v) is 8.73. The molecule has 0 spiro atoms. The average molecular weight is 442 g/mol. The van der Waals surface area contributed by atoms with E-state index in [2.05, 4.69) is 28.2 Å². The molecule has 0 aliphatic carbocycles. The summed E-state index contributed by atoms with van der Waals surface area (Å²) in [5.74, 6) is 1.08. The molecule has 2 aromatic carbocycles. The molecule has 2 aromatic heterocycles. The quantitative estimate of drug-likeness (QED) is 0.417. The largest absolute Gasteiger partial charge is 0.309 e. The number of carbonyl (C=O) groups is 1. The molecule has 4 aromatic rings. The molecular weight excluding hydrogens is 418 g/mol. The van der Waals surface area contributed by atoms with Crippen LogP contribution >= 0.6 is 11.8 Å². The summed E-state index contributed by atoms with van der Waals surface area (Å²) < 4.78 is 1.99. The summed E-state index contributed by atoms with van der Waals surface area (Å²) in [7, 11) is 0. The number of hydrogen-bond donors (Lipinski definition) is 0. The molecule has 1 aliphatic heterocycles. The highest BCUT2D eigenvalue weighted by molar-refractivity contribution is 7.99. The minimum atomic E-state index is 0.0835. The first-order chi connectivity index (χ1) is 15.7. The molecule has 1 atom stereocenters. The number of rotatable bonds is 5. The Balaban J connectivity index is 1.44. The van der Waals surface area contributed by atoms with Crippen LogP contribution in [-0.4, -0.2) is 37.5 Å². The van der Waals surface area contributed by atoms with Gasteiger partial charge in [0.05, 0.1) is 5.75 Å². The molecule has 32 heavy (non-hydrogen) atoms. The fraction of sp³-hybridized carbons (Fsp3) is 0.200. The van der Waals surface area contributed by atoms with Crippen LogP contribution < -0.4 is 4.90 Å². The van der Waals surface area contributed by atoms with Crippen LogP contribution in [0.5, 0.6) is 0 Å². The molecular formula is C25H23N5OS. The first-order valence-electron chi connectivity index (χ1n) is 10.7. The van der Waals surface area contributed by atoms with Crippen LogP contribution in [0.15, 0.2) is 84.3 Å². The van der Waals surface area contributed by atoms with Crippen LogP contribution in [0.1, 0.15) is 18.9 Å². The van der Waals surface area contributed by atoms with Crippen LogP contribution in [0.3, 0.4) is 0 Å². The zero-order valence-electron chi connectivity index (χ0n) is 17.8. The van der Waals surface area contributed by atoms with E-state index in [0.717, 1.165) is 29.8 Å². The highest BCUT2D eigenvalue weighted by Gasteiger charge is 2.28. The zero-order chi connectivity index (χ0) is 21.9. The zero-order valence-corrected chi connectivity index (χ0v) is 18.6. The number of nitrogens with zero attached hydrogens (tertiary/aromatic N) is 5. The Morgan fingerprint density at radius 3 is 2.66 bits per heavy atom. The Labute approximate surface area is 191 Å². The molecule has 7 heteroatoms. The van der Waals surface area contributed by atoms with Crippen LogP contribution in [0.25, 0.3) is 17.1 Å². The van der Waals surface area contributed by atoms with Gasteiger partial charge >= 0.3 is 0 Å². The number of aryl methyl sites for hydroxylation is 1. The van der Waals surface area contributed by atoms with Crippen molar-refractivity contribution in [1.82, 2.24) is 19.7 Å². The normalized spacial score (nSPS) is 15.4. The topological polar surface area (TPSA) is 63.9 Å². The Morgan fingerprint density at radius 1 is 1.03 bits per heavy atom. The molecule has 0 radical (unpaired) electrons. The maximum absolute atomic E-state index is 13.3. The van der Waals surface area contributed by atoms with Crippen molar-refractivity contribution in [2.45, 2.75) is 31.0 Å². The Morgan fingerprint density at radius 2 is 1.84 bits per heavy atom. The van der Waals surface area contributed by atoms with Gasteiger partial charge in [-0.1, -0.05) is 48.2 Å². The van der Waals surface area contributed by atoms with Gasteiger partial charge < -0.3 is 4.90 Å². The predicted molar refractivity (Wildman–Crippen MR) is 127 cm³/mol. The lowest BCUT2D eigenvalue weighted by Crippen LogP contribution is -2.43. The lowest BCUT2D eigenvalue weighted by molar-refractivity contribution is -0.116. The van der Waals surface area contributed by atoms with Gasteiger partial charge in [0.1, 0.15) is 0 Å². The number of anilines is 1. The summed E-state index contributed by atoms with van der Waals surface area (Å²) in [5, 5.41) is 9.54. The predicted octanol–water partition coefficient (Wildman–Crippen LogP) is 4.79. The van der Waals surface area contributed by atoms with E-state index in [9.17, 15) is 4.79 Å². The van der Waals surface area contributed by atoms with E-state index in [1.165, 1.54) is 17.3 Å². The van der Waals surface area contributed by atoms with Crippen molar-refractivity contribution in [1.29, 1.82) is 0 Å². The van der Waals surface area contributed by atoms with E-state index >= 15 is 0 Å². The van der Waals surface area contributed by atoms with E-state index in [4.69, 9.17) is 0 Å². The lowest BCUT2D eigenvalue weighted by Gasteiger charge is -2.35. The summed E-state index contributed by atoms with van der Waals surface area (Å²) in [4.78, 5) is 19.5. The molecule has 6 nitrogen and oxygen atoms in total. The van der Waals surface area contributed by atoms with Crippen molar-refractivity contribution in [3.8, 4) is 17.1 Å². The molecule has 0 N–H and O–H groups in total. The summed E-state index contributed by atoms with van der Waals surface area (Å²) >= 11 is 1.41. The number of benzene rings is 2. The number of hydrogen-bond acceptors (Lipinski definition) is 5. The Bertz CT molecular complexity index is 1230. The van der Waals surface area contributed by atoms with Crippen LogP contribution in [-0.2, 0) is 11.2 Å². The lowest BCUT2D eigenvalue weighted by atomic mass is 9.97. The third kappa shape index (κ3) is 3.91. The number of carbonyl (C=O) groups excluding carboxylic acids is 1. The SMILES string of the molecule is CC1CCc2ccccc2N1C(=O)CSc1nnc(-c2cccnc2)n1-c1ccccc1. The fourth-order valence-corrected chi connectivity index (χ4v) is 4.93. The van der Waals surface area contributed by atoms with Gasteiger partial charge in [-0.05, 0) is 55.7 Å². The second-order valence-electron chi connectivity index (χ2n) is 7.79. The summed E-state index contributed by atoms with van der Waals surface area (Å²) in [6, 6.07) is 22.2. The van der Waals surface area contributed by atoms with Crippen LogP contribution in [0, 0.1) is 0 Å². The number of para-hydroxylation sites is 2. The standard InChI is InChI=1S/C25H23N5OS/c1-18-13-14-19-8-5-6-12-22(19)29(18)23(31)17-32-25-28-27-24(20-9-7-15-26-16-20)30(25)21-10-3-2-4-11-21/h2-12,15-16,18H,13-14,17H2,1H3. The third-order valence-corrected chi connectivity index (χ3v) is 6.60. The van der Waals surface area contributed by atoms with Crippen molar-refractivity contribution in [3.63, 3.8) is 0 Å². The van der Waals surface area contributed by atoms with Crippen molar-refractivity contribution in [2.24, 2.45) is 0 Å². The van der Waals surface area contributed by atoms with E-state index in [0.29, 0.717) is 11.0 Å². The number of thioether (sulfide) groups is 1. The minimum Gasteiger partial charge on any atom is -0.309 e. The molecule has 0 saturated heterocycles. The number of fused-ring (bicyclic) bond motifs is 1. The number of aromatic nitrogens is 4. The highest BCUT2D eigenvalue weighted by atomic mass is 32.2. The summed E-state index contributed by atoms with van der Waals surface area (Å²) in [6.45, 7) is 2.12.